The van der Waals surface area contributed by atoms with Crippen LogP contribution >= 0.6 is 0 Å². The van der Waals surface area contributed by atoms with Crippen LogP contribution in [0.1, 0.15) is 57.8 Å². The summed E-state index contributed by atoms with van der Waals surface area (Å²) in [6.45, 7) is 0.790. The lowest BCUT2D eigenvalue weighted by molar-refractivity contribution is -0.233. The van der Waals surface area contributed by atoms with E-state index in [1.54, 1.807) is 0 Å². The SMILES string of the molecule is O=C1CC2(CCCCC2)C1OC1CCCCO1. The van der Waals surface area contributed by atoms with E-state index in [0.717, 1.165) is 25.9 Å². The summed E-state index contributed by atoms with van der Waals surface area (Å²) in [5.74, 6) is 0.307. The summed E-state index contributed by atoms with van der Waals surface area (Å²) >= 11 is 0. The van der Waals surface area contributed by atoms with Gasteiger partial charge in [0.15, 0.2) is 12.1 Å². The van der Waals surface area contributed by atoms with Crippen molar-refractivity contribution in [2.75, 3.05) is 6.61 Å². The largest absolute Gasteiger partial charge is 0.353 e. The molecule has 0 aromatic heterocycles. The first-order valence-corrected chi connectivity index (χ1v) is 7.10. The van der Waals surface area contributed by atoms with Gasteiger partial charge in [0.1, 0.15) is 6.10 Å². The molecule has 0 amide bonds. The molecule has 1 heterocycles. The van der Waals surface area contributed by atoms with E-state index < -0.39 is 0 Å². The van der Waals surface area contributed by atoms with Gasteiger partial charge in [-0.3, -0.25) is 4.79 Å². The van der Waals surface area contributed by atoms with E-state index in [1.807, 2.05) is 0 Å². The zero-order chi connectivity index (χ0) is 11.7. The average molecular weight is 238 g/mol. The molecule has 17 heavy (non-hydrogen) atoms. The van der Waals surface area contributed by atoms with Crippen LogP contribution < -0.4 is 0 Å². The molecule has 3 heteroatoms. The fraction of sp³-hybridized carbons (Fsp3) is 0.929. The molecule has 2 unspecified atom stereocenters. The standard InChI is InChI=1S/C14H22O3/c15-11-10-14(7-3-1-4-8-14)13(11)17-12-6-2-5-9-16-12/h12-13H,1-10H2. The maximum atomic E-state index is 11.8. The van der Waals surface area contributed by atoms with Crippen molar-refractivity contribution in [1.82, 2.24) is 0 Å². The summed E-state index contributed by atoms with van der Waals surface area (Å²) in [6.07, 6.45) is 9.95. The van der Waals surface area contributed by atoms with E-state index in [-0.39, 0.29) is 17.8 Å². The third-order valence-corrected chi connectivity index (χ3v) is 4.65. The second-order valence-electron chi connectivity index (χ2n) is 5.88. The molecule has 2 aliphatic carbocycles. The van der Waals surface area contributed by atoms with Gasteiger partial charge in [0.2, 0.25) is 0 Å². The molecule has 1 saturated heterocycles. The van der Waals surface area contributed by atoms with Crippen LogP contribution in [0.4, 0.5) is 0 Å². The number of ether oxygens (including phenoxy) is 2. The summed E-state index contributed by atoms with van der Waals surface area (Å²) in [6, 6.07) is 0. The van der Waals surface area contributed by atoms with Gasteiger partial charge in [-0.05, 0) is 32.1 Å². The Hall–Kier alpha value is -0.410. The Balaban J connectivity index is 1.61. The maximum absolute atomic E-state index is 11.8. The summed E-state index contributed by atoms with van der Waals surface area (Å²) in [5.41, 5.74) is 0.191. The number of rotatable bonds is 2. The Morgan fingerprint density at radius 2 is 1.94 bits per heavy atom. The van der Waals surface area contributed by atoms with E-state index >= 15 is 0 Å². The Kier molecular flexibility index (Phi) is 3.22. The first-order chi connectivity index (χ1) is 8.30. The van der Waals surface area contributed by atoms with Crippen LogP contribution in [0.5, 0.6) is 0 Å². The molecule has 1 aliphatic heterocycles. The summed E-state index contributed by atoms with van der Waals surface area (Å²) < 4.78 is 11.6. The Morgan fingerprint density at radius 1 is 1.12 bits per heavy atom. The lowest BCUT2D eigenvalue weighted by Gasteiger charge is -2.51. The molecular formula is C14H22O3. The molecule has 0 radical (unpaired) electrons. The zero-order valence-electron chi connectivity index (χ0n) is 10.5. The van der Waals surface area contributed by atoms with Crippen molar-refractivity contribution in [3.63, 3.8) is 0 Å². The van der Waals surface area contributed by atoms with Crippen LogP contribution in [0.2, 0.25) is 0 Å². The highest BCUT2D eigenvalue weighted by Crippen LogP contribution is 2.51. The lowest BCUT2D eigenvalue weighted by Crippen LogP contribution is -2.57. The summed E-state index contributed by atoms with van der Waals surface area (Å²) in [5, 5.41) is 0. The normalized spacial score (nSPS) is 36.8. The van der Waals surface area contributed by atoms with E-state index in [4.69, 9.17) is 9.47 Å². The number of hydrogen-bond donors (Lipinski definition) is 0. The molecule has 96 valence electrons. The van der Waals surface area contributed by atoms with Crippen LogP contribution in [0, 0.1) is 5.41 Å². The van der Waals surface area contributed by atoms with Gasteiger partial charge >= 0.3 is 0 Å². The van der Waals surface area contributed by atoms with E-state index in [2.05, 4.69) is 0 Å². The molecule has 0 N–H and O–H groups in total. The molecule has 0 aromatic carbocycles. The number of hydrogen-bond acceptors (Lipinski definition) is 3. The number of Topliss-reactive ketones (excluding diaryl/α,β-unsaturated/α-hetero) is 1. The molecule has 3 aliphatic rings. The molecule has 1 spiro atoms. The van der Waals surface area contributed by atoms with Crippen LogP contribution in [-0.2, 0) is 14.3 Å². The van der Waals surface area contributed by atoms with Gasteiger partial charge < -0.3 is 9.47 Å². The minimum absolute atomic E-state index is 0.114. The average Bonchev–Trinajstić information content (AvgIpc) is 2.39. The number of carbonyl (C=O) groups is 1. The first-order valence-electron chi connectivity index (χ1n) is 7.10. The molecule has 0 bridgehead atoms. The minimum atomic E-state index is -0.147. The van der Waals surface area contributed by atoms with E-state index in [9.17, 15) is 4.79 Å². The van der Waals surface area contributed by atoms with E-state index in [0.29, 0.717) is 5.78 Å². The third kappa shape index (κ3) is 2.15. The van der Waals surface area contributed by atoms with Gasteiger partial charge in [-0.1, -0.05) is 19.3 Å². The van der Waals surface area contributed by atoms with Gasteiger partial charge in [0.05, 0.1) is 0 Å². The fourth-order valence-corrected chi connectivity index (χ4v) is 3.63. The predicted molar refractivity (Wildman–Crippen MR) is 63.6 cm³/mol. The van der Waals surface area contributed by atoms with Crippen molar-refractivity contribution in [1.29, 1.82) is 0 Å². The van der Waals surface area contributed by atoms with Crippen molar-refractivity contribution in [2.45, 2.75) is 70.2 Å². The molecule has 2 saturated carbocycles. The van der Waals surface area contributed by atoms with E-state index in [1.165, 1.54) is 38.5 Å². The van der Waals surface area contributed by atoms with Gasteiger partial charge in [-0.2, -0.15) is 0 Å². The predicted octanol–water partition coefficient (Wildman–Crippen LogP) is 2.82. The minimum Gasteiger partial charge on any atom is -0.353 e. The molecule has 3 rings (SSSR count). The van der Waals surface area contributed by atoms with Crippen LogP contribution in [-0.4, -0.2) is 24.8 Å². The highest BCUT2D eigenvalue weighted by molar-refractivity contribution is 5.91. The quantitative estimate of drug-likeness (QED) is 0.742. The van der Waals surface area contributed by atoms with Gasteiger partial charge in [-0.25, -0.2) is 0 Å². The van der Waals surface area contributed by atoms with Crippen molar-refractivity contribution in [2.24, 2.45) is 5.41 Å². The zero-order valence-corrected chi connectivity index (χ0v) is 10.5. The molecule has 3 fully saturated rings. The van der Waals surface area contributed by atoms with Crippen molar-refractivity contribution in [3.8, 4) is 0 Å². The van der Waals surface area contributed by atoms with Crippen molar-refractivity contribution in [3.05, 3.63) is 0 Å². The van der Waals surface area contributed by atoms with Crippen molar-refractivity contribution < 1.29 is 14.3 Å². The van der Waals surface area contributed by atoms with Gasteiger partial charge in [0.25, 0.3) is 0 Å². The number of ketones is 1. The summed E-state index contributed by atoms with van der Waals surface area (Å²) in [7, 11) is 0. The lowest BCUT2D eigenvalue weighted by atomic mass is 9.58. The molecule has 0 aromatic rings. The third-order valence-electron chi connectivity index (χ3n) is 4.65. The fourth-order valence-electron chi connectivity index (χ4n) is 3.63. The number of carbonyl (C=O) groups excluding carboxylic acids is 1. The monoisotopic (exact) mass is 238 g/mol. The highest BCUT2D eigenvalue weighted by Gasteiger charge is 2.55. The second-order valence-corrected chi connectivity index (χ2v) is 5.88. The smallest absolute Gasteiger partial charge is 0.162 e. The Morgan fingerprint density at radius 3 is 2.59 bits per heavy atom. The Bertz CT molecular complexity index is 288. The highest BCUT2D eigenvalue weighted by atomic mass is 16.7. The maximum Gasteiger partial charge on any atom is 0.162 e. The van der Waals surface area contributed by atoms with Crippen LogP contribution in [0.15, 0.2) is 0 Å². The molecule has 2 atom stereocenters. The first kappa shape index (κ1) is 11.7. The Labute approximate surface area is 103 Å². The van der Waals surface area contributed by atoms with Crippen molar-refractivity contribution >= 4 is 5.78 Å². The summed E-state index contributed by atoms with van der Waals surface area (Å²) in [4.78, 5) is 11.8. The van der Waals surface area contributed by atoms with Gasteiger partial charge in [-0.15, -0.1) is 0 Å². The molecular weight excluding hydrogens is 216 g/mol. The van der Waals surface area contributed by atoms with Gasteiger partial charge in [0, 0.05) is 18.4 Å². The second kappa shape index (κ2) is 4.69. The van der Waals surface area contributed by atoms with Crippen LogP contribution in [0.25, 0.3) is 0 Å². The molecule has 3 nitrogen and oxygen atoms in total. The van der Waals surface area contributed by atoms with Crippen LogP contribution in [0.3, 0.4) is 0 Å². The topological polar surface area (TPSA) is 35.5 Å².